The molecule has 306 valence electrons. The molecule has 0 radical (unpaired) electrons. The first-order chi connectivity index (χ1) is 26.9. The van der Waals surface area contributed by atoms with E-state index in [2.05, 4.69) is 43.4 Å². The second-order valence-electron chi connectivity index (χ2n) is 16.2. The van der Waals surface area contributed by atoms with E-state index in [1.165, 1.54) is 29.4 Å². The Balaban J connectivity index is 1.35. The first-order valence-corrected chi connectivity index (χ1v) is 20.7. The molecular weight excluding hydrogens is 820 g/mol. The monoisotopic (exact) mass is 868 g/mol. The van der Waals surface area contributed by atoms with Crippen LogP contribution >= 0.6 is 27.3 Å². The molecule has 1 aliphatic heterocycles. The maximum Gasteiger partial charge on any atom is 0.408 e. The van der Waals surface area contributed by atoms with Crippen LogP contribution in [-0.2, 0) is 19.1 Å². The standard InChI is InChI=1S/C40H49BrN6O9S/c1-8-21-17-40(21,37(51)52)46-33(48)27-15-23(18-47(27)36(50)32(39(4,5)6)45-38(53)56-22-11-9-10-12-22)55-29-16-25(26-19-57-35(44-26)34(49)42-20(2)3)43-31-24(29)13-14-28(54-7)30(31)41/h8,13-14,16,19-23,27,32H,1,9-12,15,17-18H2,2-7H3,(H,42,49)(H,45,53)(H,46,48)(H,51,52)/t21-,23+,27?,32?,40-/m1/s1. The second kappa shape index (κ2) is 16.6. The van der Waals surface area contributed by atoms with Crippen LogP contribution in [0.3, 0.4) is 0 Å². The van der Waals surface area contributed by atoms with Crippen LogP contribution in [0.2, 0.25) is 0 Å². The van der Waals surface area contributed by atoms with Crippen LogP contribution in [-0.4, -0.2) is 99.3 Å². The summed E-state index contributed by atoms with van der Waals surface area (Å²) in [5.41, 5.74) is -1.04. The van der Waals surface area contributed by atoms with E-state index in [4.69, 9.17) is 19.2 Å². The molecule has 5 atom stereocenters. The Hall–Kier alpha value is -4.77. The number of pyridine rings is 1. The Morgan fingerprint density at radius 3 is 2.40 bits per heavy atom. The number of hydrogen-bond donors (Lipinski definition) is 4. The number of likely N-dealkylation sites (tertiary alicyclic amines) is 1. The molecule has 3 heterocycles. The fourth-order valence-corrected chi connectivity index (χ4v) is 8.72. The van der Waals surface area contributed by atoms with E-state index < -0.39 is 58.9 Å². The SMILES string of the molecule is C=C[C@@H]1C[C@]1(NC(=O)C1C[C@H](Oc2cc(-c3csc(C(=O)NC(C)C)n3)nc3c(Br)c(OC)ccc23)CN1C(=O)C(NC(=O)OC1CCCC1)C(C)(C)C)C(=O)O. The fourth-order valence-electron chi connectivity index (χ4n) is 7.41. The normalized spacial score (nSPS) is 22.5. The van der Waals surface area contributed by atoms with Gasteiger partial charge < -0.3 is 40.2 Å². The molecule has 15 nitrogen and oxygen atoms in total. The van der Waals surface area contributed by atoms with Gasteiger partial charge in [-0.25, -0.2) is 19.6 Å². The molecule has 4 amide bonds. The number of nitrogens with zero attached hydrogens (tertiary/aromatic N) is 3. The molecule has 1 aromatic carbocycles. The molecule has 3 fully saturated rings. The number of amides is 4. The first kappa shape index (κ1) is 41.9. The van der Waals surface area contributed by atoms with Crippen molar-refractivity contribution in [1.82, 2.24) is 30.8 Å². The highest BCUT2D eigenvalue weighted by atomic mass is 79.9. The topological polar surface area (TPSA) is 198 Å². The number of aromatic nitrogens is 2. The number of benzene rings is 1. The summed E-state index contributed by atoms with van der Waals surface area (Å²) >= 11 is 4.79. The summed E-state index contributed by atoms with van der Waals surface area (Å²) in [7, 11) is 1.53. The van der Waals surface area contributed by atoms with Gasteiger partial charge in [0, 0.05) is 35.2 Å². The van der Waals surface area contributed by atoms with Gasteiger partial charge in [-0.1, -0.05) is 26.8 Å². The third-order valence-corrected chi connectivity index (χ3v) is 12.2. The molecule has 4 N–H and O–H groups in total. The number of halogens is 1. The number of ether oxygens (including phenoxy) is 3. The predicted octanol–water partition coefficient (Wildman–Crippen LogP) is 5.84. The van der Waals surface area contributed by atoms with Crippen molar-refractivity contribution in [3.63, 3.8) is 0 Å². The van der Waals surface area contributed by atoms with Crippen LogP contribution in [0, 0.1) is 11.3 Å². The maximum atomic E-state index is 14.6. The number of nitrogens with one attached hydrogen (secondary N) is 3. The molecule has 2 aliphatic carbocycles. The van der Waals surface area contributed by atoms with E-state index in [1.54, 1.807) is 44.4 Å². The van der Waals surface area contributed by atoms with Crippen molar-refractivity contribution >= 4 is 68.0 Å². The maximum absolute atomic E-state index is 14.6. The molecule has 2 aromatic heterocycles. The average molecular weight is 870 g/mol. The van der Waals surface area contributed by atoms with Gasteiger partial charge in [0.05, 0.1) is 29.3 Å². The van der Waals surface area contributed by atoms with Gasteiger partial charge in [-0.15, -0.1) is 17.9 Å². The van der Waals surface area contributed by atoms with Gasteiger partial charge in [0.25, 0.3) is 5.91 Å². The number of carbonyl (C=O) groups is 5. The van der Waals surface area contributed by atoms with E-state index in [9.17, 15) is 29.1 Å². The predicted molar refractivity (Wildman–Crippen MR) is 216 cm³/mol. The van der Waals surface area contributed by atoms with Crippen molar-refractivity contribution in [2.75, 3.05) is 13.7 Å². The second-order valence-corrected chi connectivity index (χ2v) is 17.8. The van der Waals surface area contributed by atoms with Crippen molar-refractivity contribution in [2.24, 2.45) is 11.3 Å². The van der Waals surface area contributed by atoms with Crippen LogP contribution < -0.4 is 25.4 Å². The number of carbonyl (C=O) groups excluding carboxylic acids is 4. The Morgan fingerprint density at radius 2 is 1.79 bits per heavy atom. The summed E-state index contributed by atoms with van der Waals surface area (Å²) in [6.07, 6.45) is 3.34. The Bertz CT molecular complexity index is 2080. The first-order valence-electron chi connectivity index (χ1n) is 19.0. The quantitative estimate of drug-likeness (QED) is 0.151. The smallest absolute Gasteiger partial charge is 0.408 e. The number of carboxylic acids is 1. The molecule has 0 spiro atoms. The fraction of sp³-hybridized carbons (Fsp3) is 0.525. The summed E-state index contributed by atoms with van der Waals surface area (Å²) < 4.78 is 18.4. The van der Waals surface area contributed by atoms with Crippen molar-refractivity contribution < 1.29 is 43.3 Å². The van der Waals surface area contributed by atoms with Gasteiger partial charge >= 0.3 is 12.1 Å². The minimum absolute atomic E-state index is 0.00209. The van der Waals surface area contributed by atoms with Crippen molar-refractivity contribution in [1.29, 1.82) is 0 Å². The molecular formula is C40H49BrN6O9S. The lowest BCUT2D eigenvalue weighted by molar-refractivity contribution is -0.146. The van der Waals surface area contributed by atoms with Crippen molar-refractivity contribution in [3.8, 4) is 22.9 Å². The van der Waals surface area contributed by atoms with Gasteiger partial charge in [-0.2, -0.15) is 0 Å². The lowest BCUT2D eigenvalue weighted by atomic mass is 9.85. The Morgan fingerprint density at radius 1 is 1.07 bits per heavy atom. The Kier molecular flexibility index (Phi) is 12.2. The summed E-state index contributed by atoms with van der Waals surface area (Å²) in [6, 6.07) is 2.89. The van der Waals surface area contributed by atoms with Gasteiger partial charge in [0.2, 0.25) is 11.8 Å². The zero-order valence-corrected chi connectivity index (χ0v) is 35.3. The highest BCUT2D eigenvalue weighted by Gasteiger charge is 2.61. The summed E-state index contributed by atoms with van der Waals surface area (Å²) in [5.74, 6) is -2.32. The Labute approximate surface area is 343 Å². The van der Waals surface area contributed by atoms with Gasteiger partial charge in [0.15, 0.2) is 5.01 Å². The average Bonchev–Trinajstić information content (AvgIpc) is 3.59. The highest BCUT2D eigenvalue weighted by Crippen LogP contribution is 2.45. The molecule has 2 unspecified atom stereocenters. The van der Waals surface area contributed by atoms with Crippen LogP contribution in [0.4, 0.5) is 4.79 Å². The molecule has 57 heavy (non-hydrogen) atoms. The van der Waals surface area contributed by atoms with E-state index in [-0.39, 0.29) is 42.4 Å². The number of methoxy groups -OCH3 is 1. The van der Waals surface area contributed by atoms with Gasteiger partial charge in [-0.3, -0.25) is 14.4 Å². The van der Waals surface area contributed by atoms with E-state index in [1.807, 2.05) is 13.8 Å². The zero-order valence-electron chi connectivity index (χ0n) is 32.8. The van der Waals surface area contributed by atoms with Crippen LogP contribution in [0.15, 0.2) is 40.7 Å². The molecule has 17 heteroatoms. The molecule has 2 saturated carbocycles. The van der Waals surface area contributed by atoms with Gasteiger partial charge in [-0.05, 0) is 79.4 Å². The number of thiazole rings is 1. The summed E-state index contributed by atoms with van der Waals surface area (Å²) in [5, 5.41) is 21.0. The zero-order chi connectivity index (χ0) is 41.4. The summed E-state index contributed by atoms with van der Waals surface area (Å²) in [4.78, 5) is 77.8. The van der Waals surface area contributed by atoms with Crippen LogP contribution in [0.5, 0.6) is 11.5 Å². The number of aliphatic carboxylic acids is 1. The van der Waals surface area contributed by atoms with E-state index in [0.29, 0.717) is 38.3 Å². The largest absolute Gasteiger partial charge is 0.495 e. The van der Waals surface area contributed by atoms with Crippen LogP contribution in [0.25, 0.3) is 22.3 Å². The van der Waals surface area contributed by atoms with Crippen LogP contribution in [0.1, 0.15) is 82.9 Å². The molecule has 0 bridgehead atoms. The van der Waals surface area contributed by atoms with E-state index in [0.717, 1.165) is 25.7 Å². The molecule has 3 aliphatic rings. The number of hydrogen-bond acceptors (Lipinski definition) is 11. The minimum atomic E-state index is -1.54. The minimum Gasteiger partial charge on any atom is -0.495 e. The molecule has 1 saturated heterocycles. The highest BCUT2D eigenvalue weighted by molar-refractivity contribution is 9.10. The van der Waals surface area contributed by atoms with Gasteiger partial charge in [0.1, 0.15) is 47.0 Å². The lowest BCUT2D eigenvalue weighted by Gasteiger charge is -2.35. The lowest BCUT2D eigenvalue weighted by Crippen LogP contribution is -2.59. The van der Waals surface area contributed by atoms with Crippen molar-refractivity contribution in [3.05, 3.63) is 45.7 Å². The summed E-state index contributed by atoms with van der Waals surface area (Å²) in [6.45, 7) is 12.8. The van der Waals surface area contributed by atoms with E-state index >= 15 is 0 Å². The number of carboxylic acid groups (broad SMARTS) is 1. The number of fused-ring (bicyclic) bond motifs is 1. The van der Waals surface area contributed by atoms with Crippen molar-refractivity contribution in [2.45, 2.75) is 109 Å². The number of alkyl carbamates (subject to hydrolysis) is 1. The third kappa shape index (κ3) is 8.88. The molecule has 3 aromatic rings. The number of rotatable bonds is 13. The third-order valence-electron chi connectivity index (χ3n) is 10.6. The molecule has 6 rings (SSSR count).